The van der Waals surface area contributed by atoms with Crippen molar-refractivity contribution in [3.8, 4) is 0 Å². The van der Waals surface area contributed by atoms with Crippen LogP contribution >= 0.6 is 0 Å². The van der Waals surface area contributed by atoms with E-state index in [9.17, 15) is 13.2 Å². The molecule has 0 bridgehead atoms. The Hall–Kier alpha value is -2.22. The molecule has 0 aliphatic carbocycles. The van der Waals surface area contributed by atoms with Crippen molar-refractivity contribution < 1.29 is 17.9 Å². The maximum absolute atomic E-state index is 12.5. The molecule has 2 rings (SSSR count). The SMILES string of the molecule is CCNS(=O)(=O)c1ccc(C)c(C(=O)NCc2cccc(COC)c2)c1. The molecule has 2 aromatic carbocycles. The topological polar surface area (TPSA) is 84.5 Å². The normalized spacial score (nSPS) is 11.3. The summed E-state index contributed by atoms with van der Waals surface area (Å²) in [5.74, 6) is -0.312. The number of carbonyl (C=O) groups excluding carboxylic acids is 1. The minimum atomic E-state index is -3.61. The summed E-state index contributed by atoms with van der Waals surface area (Å²) >= 11 is 0. The lowest BCUT2D eigenvalue weighted by Gasteiger charge is -2.11. The van der Waals surface area contributed by atoms with Gasteiger partial charge in [-0.2, -0.15) is 0 Å². The molecule has 0 aliphatic rings. The van der Waals surface area contributed by atoms with Crippen molar-refractivity contribution in [1.29, 1.82) is 0 Å². The summed E-state index contributed by atoms with van der Waals surface area (Å²) in [5.41, 5.74) is 3.03. The fourth-order valence-corrected chi connectivity index (χ4v) is 3.63. The molecule has 0 radical (unpaired) electrons. The summed E-state index contributed by atoms with van der Waals surface area (Å²) in [6, 6.07) is 12.3. The highest BCUT2D eigenvalue weighted by atomic mass is 32.2. The fourth-order valence-electron chi connectivity index (χ4n) is 2.56. The van der Waals surface area contributed by atoms with E-state index < -0.39 is 10.0 Å². The van der Waals surface area contributed by atoms with Crippen LogP contribution in [0.4, 0.5) is 0 Å². The van der Waals surface area contributed by atoms with E-state index in [1.165, 1.54) is 12.1 Å². The quantitative estimate of drug-likeness (QED) is 0.741. The van der Waals surface area contributed by atoms with Gasteiger partial charge in [0.1, 0.15) is 0 Å². The Morgan fingerprint density at radius 1 is 1.12 bits per heavy atom. The van der Waals surface area contributed by atoms with Crippen molar-refractivity contribution in [3.63, 3.8) is 0 Å². The smallest absolute Gasteiger partial charge is 0.251 e. The van der Waals surface area contributed by atoms with E-state index >= 15 is 0 Å². The summed E-state index contributed by atoms with van der Waals surface area (Å²) in [6.45, 7) is 4.62. The van der Waals surface area contributed by atoms with E-state index in [2.05, 4.69) is 10.0 Å². The Labute approximate surface area is 154 Å². The number of hydrogen-bond acceptors (Lipinski definition) is 4. The third-order valence-electron chi connectivity index (χ3n) is 3.85. The Balaban J connectivity index is 2.15. The first-order chi connectivity index (χ1) is 12.4. The van der Waals surface area contributed by atoms with Crippen LogP contribution in [0.2, 0.25) is 0 Å². The minimum absolute atomic E-state index is 0.0807. The van der Waals surface area contributed by atoms with Crippen LogP contribution in [0.1, 0.15) is 34.0 Å². The Morgan fingerprint density at radius 2 is 1.85 bits per heavy atom. The Kier molecular flexibility index (Phi) is 6.90. The first kappa shape index (κ1) is 20.1. The van der Waals surface area contributed by atoms with Crippen LogP contribution in [0.5, 0.6) is 0 Å². The highest BCUT2D eigenvalue weighted by molar-refractivity contribution is 7.89. The number of ether oxygens (including phenoxy) is 1. The van der Waals surface area contributed by atoms with E-state index in [0.29, 0.717) is 24.3 Å². The number of benzene rings is 2. The van der Waals surface area contributed by atoms with Gasteiger partial charge >= 0.3 is 0 Å². The molecule has 1 amide bonds. The molecule has 2 aromatic rings. The lowest BCUT2D eigenvalue weighted by atomic mass is 10.1. The van der Waals surface area contributed by atoms with Crippen LogP contribution in [0.3, 0.4) is 0 Å². The van der Waals surface area contributed by atoms with Gasteiger partial charge in [-0.1, -0.05) is 37.3 Å². The zero-order valence-corrected chi connectivity index (χ0v) is 16.0. The second-order valence-corrected chi connectivity index (χ2v) is 7.68. The molecule has 26 heavy (non-hydrogen) atoms. The first-order valence-corrected chi connectivity index (χ1v) is 9.81. The molecule has 2 N–H and O–H groups in total. The number of nitrogens with one attached hydrogen (secondary N) is 2. The van der Waals surface area contributed by atoms with Crippen molar-refractivity contribution in [2.24, 2.45) is 0 Å². The Bertz CT molecular complexity index is 879. The molecule has 6 nitrogen and oxygen atoms in total. The molecule has 7 heteroatoms. The van der Waals surface area contributed by atoms with Crippen molar-refractivity contribution in [2.75, 3.05) is 13.7 Å². The average Bonchev–Trinajstić information content (AvgIpc) is 2.60. The molecule has 0 saturated carbocycles. The van der Waals surface area contributed by atoms with Crippen molar-refractivity contribution in [1.82, 2.24) is 10.0 Å². The predicted molar refractivity (Wildman–Crippen MR) is 100 cm³/mol. The number of rotatable bonds is 8. The minimum Gasteiger partial charge on any atom is -0.380 e. The third kappa shape index (κ3) is 5.14. The predicted octanol–water partition coefficient (Wildman–Crippen LogP) is 2.37. The molecular weight excluding hydrogens is 352 g/mol. The van der Waals surface area contributed by atoms with E-state index in [1.54, 1.807) is 27.0 Å². The van der Waals surface area contributed by atoms with E-state index in [-0.39, 0.29) is 17.3 Å². The van der Waals surface area contributed by atoms with Gasteiger partial charge in [0.15, 0.2) is 0 Å². The maximum atomic E-state index is 12.5. The second-order valence-electron chi connectivity index (χ2n) is 5.91. The molecular formula is C19H24N2O4S. The summed E-state index contributed by atoms with van der Waals surface area (Å²) < 4.78 is 31.8. The van der Waals surface area contributed by atoms with Crippen molar-refractivity contribution in [3.05, 3.63) is 64.7 Å². The number of aryl methyl sites for hydroxylation is 1. The van der Waals surface area contributed by atoms with Gasteiger partial charge in [-0.05, 0) is 35.7 Å². The number of sulfonamides is 1. The zero-order chi connectivity index (χ0) is 19.2. The molecule has 0 aliphatic heterocycles. The standard InChI is InChI=1S/C19H24N2O4S/c1-4-21-26(23,24)17-9-8-14(2)18(11-17)19(22)20-12-15-6-5-7-16(10-15)13-25-3/h5-11,21H,4,12-13H2,1-3H3,(H,20,22). The molecule has 0 aromatic heterocycles. The largest absolute Gasteiger partial charge is 0.380 e. The van der Waals surface area contributed by atoms with Crippen LogP contribution in [0, 0.1) is 6.92 Å². The van der Waals surface area contributed by atoms with E-state index in [0.717, 1.165) is 11.1 Å². The van der Waals surface area contributed by atoms with Gasteiger partial charge in [-0.25, -0.2) is 13.1 Å². The van der Waals surface area contributed by atoms with Crippen LogP contribution in [0.25, 0.3) is 0 Å². The van der Waals surface area contributed by atoms with Gasteiger partial charge < -0.3 is 10.1 Å². The number of amides is 1. The highest BCUT2D eigenvalue weighted by Crippen LogP contribution is 2.16. The molecule has 0 unspecified atom stereocenters. The molecule has 0 saturated heterocycles. The maximum Gasteiger partial charge on any atom is 0.251 e. The van der Waals surface area contributed by atoms with Gasteiger partial charge in [0.2, 0.25) is 10.0 Å². The van der Waals surface area contributed by atoms with E-state index in [1.807, 2.05) is 24.3 Å². The van der Waals surface area contributed by atoms with Crippen LogP contribution in [-0.2, 0) is 27.9 Å². The fraction of sp³-hybridized carbons (Fsp3) is 0.316. The van der Waals surface area contributed by atoms with Gasteiger partial charge in [0.25, 0.3) is 5.91 Å². The molecule has 0 heterocycles. The lowest BCUT2D eigenvalue weighted by Crippen LogP contribution is -2.26. The second kappa shape index (κ2) is 8.93. The molecule has 0 atom stereocenters. The number of hydrogen-bond donors (Lipinski definition) is 2. The summed E-state index contributed by atoms with van der Waals surface area (Å²) in [7, 11) is -1.98. The lowest BCUT2D eigenvalue weighted by molar-refractivity contribution is 0.0950. The van der Waals surface area contributed by atoms with Gasteiger partial charge in [0.05, 0.1) is 11.5 Å². The summed E-state index contributed by atoms with van der Waals surface area (Å²) in [6.07, 6.45) is 0. The summed E-state index contributed by atoms with van der Waals surface area (Å²) in [4.78, 5) is 12.6. The van der Waals surface area contributed by atoms with Gasteiger partial charge in [0, 0.05) is 25.8 Å². The van der Waals surface area contributed by atoms with Crippen molar-refractivity contribution >= 4 is 15.9 Å². The number of methoxy groups -OCH3 is 1. The molecule has 0 spiro atoms. The molecule has 0 fully saturated rings. The number of carbonyl (C=O) groups is 1. The monoisotopic (exact) mass is 376 g/mol. The average molecular weight is 376 g/mol. The zero-order valence-electron chi connectivity index (χ0n) is 15.2. The van der Waals surface area contributed by atoms with Crippen LogP contribution < -0.4 is 10.0 Å². The highest BCUT2D eigenvalue weighted by Gasteiger charge is 2.17. The van der Waals surface area contributed by atoms with Crippen LogP contribution in [-0.4, -0.2) is 28.0 Å². The third-order valence-corrected chi connectivity index (χ3v) is 5.40. The molecule has 140 valence electrons. The van der Waals surface area contributed by atoms with Gasteiger partial charge in [-0.15, -0.1) is 0 Å². The van der Waals surface area contributed by atoms with Gasteiger partial charge in [-0.3, -0.25) is 4.79 Å². The van der Waals surface area contributed by atoms with Crippen LogP contribution in [0.15, 0.2) is 47.4 Å². The van der Waals surface area contributed by atoms with Crippen molar-refractivity contribution in [2.45, 2.75) is 31.9 Å². The first-order valence-electron chi connectivity index (χ1n) is 8.32. The summed E-state index contributed by atoms with van der Waals surface area (Å²) in [5, 5.41) is 2.84. The van der Waals surface area contributed by atoms with E-state index in [4.69, 9.17) is 4.74 Å². The Morgan fingerprint density at radius 3 is 2.54 bits per heavy atom.